The molecule has 5 nitrogen and oxygen atoms in total. The summed E-state index contributed by atoms with van der Waals surface area (Å²) >= 11 is 1.51. The molecule has 4 rings (SSSR count). The first-order valence-electron chi connectivity index (χ1n) is 10.9. The molecule has 0 saturated carbocycles. The molecule has 1 N–H and O–H groups in total. The molecule has 0 fully saturated rings. The second-order valence-corrected chi connectivity index (χ2v) is 9.39. The highest BCUT2D eigenvalue weighted by Gasteiger charge is 2.24. The van der Waals surface area contributed by atoms with Crippen molar-refractivity contribution in [1.82, 2.24) is 9.55 Å². The standard InChI is InChI=1S/C26H27N3O2S/c1-5-21(24(30)28-20-14-10-9-13-19(20)16(2)3)29-15-27-25-23(26(29)31)22(17(4)32-25)18-11-7-6-8-12-18/h6-16,21H,5H2,1-4H3,(H,28,30). The number of carbonyl (C=O) groups excluding carboxylic acids is 1. The van der Waals surface area contributed by atoms with E-state index in [1.807, 2.05) is 68.4 Å². The van der Waals surface area contributed by atoms with Gasteiger partial charge < -0.3 is 5.32 Å². The second-order valence-electron chi connectivity index (χ2n) is 8.19. The van der Waals surface area contributed by atoms with Crippen LogP contribution in [0.15, 0.2) is 65.7 Å². The quantitative estimate of drug-likeness (QED) is 0.387. The number of fused-ring (bicyclic) bond motifs is 1. The first-order chi connectivity index (χ1) is 15.4. The summed E-state index contributed by atoms with van der Waals surface area (Å²) in [6, 6.07) is 17.0. The van der Waals surface area contributed by atoms with Gasteiger partial charge in [0.15, 0.2) is 0 Å². The number of benzene rings is 2. The van der Waals surface area contributed by atoms with Crippen molar-refractivity contribution >= 4 is 33.1 Å². The molecule has 4 aromatic rings. The molecule has 0 aliphatic heterocycles. The summed E-state index contributed by atoms with van der Waals surface area (Å²) in [5.74, 6) is 0.0617. The highest BCUT2D eigenvalue weighted by atomic mass is 32.1. The average molecular weight is 446 g/mol. The fourth-order valence-electron chi connectivity index (χ4n) is 4.13. The van der Waals surface area contributed by atoms with Crippen LogP contribution in [0.4, 0.5) is 5.69 Å². The van der Waals surface area contributed by atoms with Crippen LogP contribution >= 0.6 is 11.3 Å². The molecule has 0 spiro atoms. The van der Waals surface area contributed by atoms with Crippen LogP contribution in [0.2, 0.25) is 0 Å². The molecule has 0 saturated heterocycles. The monoisotopic (exact) mass is 445 g/mol. The van der Waals surface area contributed by atoms with Crippen molar-refractivity contribution in [3.05, 3.63) is 81.7 Å². The normalized spacial score (nSPS) is 12.3. The van der Waals surface area contributed by atoms with E-state index in [4.69, 9.17) is 0 Å². The van der Waals surface area contributed by atoms with Gasteiger partial charge >= 0.3 is 0 Å². The molecule has 32 heavy (non-hydrogen) atoms. The molecule has 1 atom stereocenters. The molecule has 0 aliphatic rings. The Bertz CT molecular complexity index is 1320. The Labute approximate surface area is 191 Å². The van der Waals surface area contributed by atoms with E-state index in [0.29, 0.717) is 16.6 Å². The first-order valence-corrected chi connectivity index (χ1v) is 11.7. The Morgan fingerprint density at radius 3 is 2.47 bits per heavy atom. The lowest BCUT2D eigenvalue weighted by atomic mass is 10.0. The number of nitrogens with one attached hydrogen (secondary N) is 1. The van der Waals surface area contributed by atoms with E-state index in [9.17, 15) is 9.59 Å². The van der Waals surface area contributed by atoms with Gasteiger partial charge in [-0.15, -0.1) is 11.3 Å². The van der Waals surface area contributed by atoms with Crippen molar-refractivity contribution in [2.75, 3.05) is 5.32 Å². The molecule has 1 amide bonds. The zero-order chi connectivity index (χ0) is 22.8. The number of hydrogen-bond donors (Lipinski definition) is 1. The number of anilines is 1. The molecule has 2 heterocycles. The van der Waals surface area contributed by atoms with Crippen LogP contribution in [0.25, 0.3) is 21.3 Å². The van der Waals surface area contributed by atoms with Gasteiger partial charge in [0.25, 0.3) is 5.56 Å². The number of amides is 1. The lowest BCUT2D eigenvalue weighted by molar-refractivity contribution is -0.119. The molecular formula is C26H27N3O2S. The van der Waals surface area contributed by atoms with Crippen LogP contribution in [0.5, 0.6) is 0 Å². The molecule has 6 heteroatoms. The summed E-state index contributed by atoms with van der Waals surface area (Å²) in [6.45, 7) is 8.10. The Morgan fingerprint density at radius 1 is 1.09 bits per heavy atom. The summed E-state index contributed by atoms with van der Waals surface area (Å²) in [7, 11) is 0. The lowest BCUT2D eigenvalue weighted by Gasteiger charge is -2.20. The zero-order valence-electron chi connectivity index (χ0n) is 18.8. The smallest absolute Gasteiger partial charge is 0.263 e. The molecule has 1 unspecified atom stereocenters. The number of hydrogen-bond acceptors (Lipinski definition) is 4. The Balaban J connectivity index is 1.78. The Morgan fingerprint density at radius 2 is 1.78 bits per heavy atom. The zero-order valence-corrected chi connectivity index (χ0v) is 19.6. The average Bonchev–Trinajstić information content (AvgIpc) is 3.13. The largest absolute Gasteiger partial charge is 0.324 e. The number of thiophene rings is 1. The molecule has 2 aromatic carbocycles. The van der Waals surface area contributed by atoms with Crippen molar-refractivity contribution in [1.29, 1.82) is 0 Å². The third-order valence-corrected chi connectivity index (χ3v) is 6.75. The molecule has 2 aromatic heterocycles. The van der Waals surface area contributed by atoms with E-state index in [1.165, 1.54) is 22.2 Å². The highest BCUT2D eigenvalue weighted by molar-refractivity contribution is 7.19. The van der Waals surface area contributed by atoms with Gasteiger partial charge in [0.2, 0.25) is 5.91 Å². The molecule has 164 valence electrons. The van der Waals surface area contributed by atoms with E-state index in [1.54, 1.807) is 0 Å². The van der Waals surface area contributed by atoms with Crippen molar-refractivity contribution in [3.8, 4) is 11.1 Å². The molecule has 0 radical (unpaired) electrons. The van der Waals surface area contributed by atoms with E-state index in [-0.39, 0.29) is 17.4 Å². The summed E-state index contributed by atoms with van der Waals surface area (Å²) in [5, 5.41) is 3.62. The highest BCUT2D eigenvalue weighted by Crippen LogP contribution is 2.35. The fourth-order valence-corrected chi connectivity index (χ4v) is 5.13. The predicted molar refractivity (Wildman–Crippen MR) is 133 cm³/mol. The topological polar surface area (TPSA) is 64.0 Å². The van der Waals surface area contributed by atoms with Gasteiger partial charge in [0, 0.05) is 16.1 Å². The molecule has 0 bridgehead atoms. The fraction of sp³-hybridized carbons (Fsp3) is 0.269. The number of aryl methyl sites for hydroxylation is 1. The number of nitrogens with zero attached hydrogens (tertiary/aromatic N) is 2. The van der Waals surface area contributed by atoms with Crippen LogP contribution in [-0.2, 0) is 4.79 Å². The SMILES string of the molecule is CCC(C(=O)Nc1ccccc1C(C)C)n1cnc2sc(C)c(-c3ccccc3)c2c1=O. The minimum absolute atomic E-state index is 0.183. The van der Waals surface area contributed by atoms with Crippen LogP contribution in [0.3, 0.4) is 0 Å². The second kappa shape index (κ2) is 9.09. The van der Waals surface area contributed by atoms with E-state index < -0.39 is 6.04 Å². The van der Waals surface area contributed by atoms with Crippen molar-refractivity contribution in [3.63, 3.8) is 0 Å². The minimum atomic E-state index is -0.650. The third-order valence-electron chi connectivity index (χ3n) is 5.74. The van der Waals surface area contributed by atoms with Crippen LogP contribution < -0.4 is 10.9 Å². The van der Waals surface area contributed by atoms with Gasteiger partial charge in [-0.25, -0.2) is 4.98 Å². The summed E-state index contributed by atoms with van der Waals surface area (Å²) in [6.07, 6.45) is 1.99. The molecular weight excluding hydrogens is 418 g/mol. The summed E-state index contributed by atoms with van der Waals surface area (Å²) in [5.41, 5.74) is 3.55. The maximum absolute atomic E-state index is 13.6. The first kappa shape index (κ1) is 22.0. The number of carbonyl (C=O) groups is 1. The number of para-hydroxylation sites is 1. The number of rotatable bonds is 6. The van der Waals surface area contributed by atoms with Crippen molar-refractivity contribution in [2.45, 2.75) is 46.1 Å². The third kappa shape index (κ3) is 3.98. The van der Waals surface area contributed by atoms with Gasteiger partial charge in [-0.05, 0) is 36.5 Å². The van der Waals surface area contributed by atoms with Gasteiger partial charge in [0.05, 0.1) is 11.7 Å². The predicted octanol–water partition coefficient (Wildman–Crippen LogP) is 6.15. The van der Waals surface area contributed by atoms with Gasteiger partial charge in [-0.3, -0.25) is 14.2 Å². The van der Waals surface area contributed by atoms with E-state index in [2.05, 4.69) is 24.1 Å². The number of aromatic nitrogens is 2. The van der Waals surface area contributed by atoms with Crippen LogP contribution in [0, 0.1) is 6.92 Å². The lowest BCUT2D eigenvalue weighted by Crippen LogP contribution is -2.33. The van der Waals surface area contributed by atoms with Crippen molar-refractivity contribution < 1.29 is 4.79 Å². The van der Waals surface area contributed by atoms with Gasteiger partial charge in [0.1, 0.15) is 10.9 Å². The maximum atomic E-state index is 13.6. The van der Waals surface area contributed by atoms with Gasteiger partial charge in [-0.2, -0.15) is 0 Å². The van der Waals surface area contributed by atoms with Crippen LogP contribution in [-0.4, -0.2) is 15.5 Å². The summed E-state index contributed by atoms with van der Waals surface area (Å²) in [4.78, 5) is 33.2. The maximum Gasteiger partial charge on any atom is 0.263 e. The summed E-state index contributed by atoms with van der Waals surface area (Å²) < 4.78 is 1.48. The molecule has 0 aliphatic carbocycles. The van der Waals surface area contributed by atoms with Crippen LogP contribution in [0.1, 0.15) is 49.6 Å². The van der Waals surface area contributed by atoms with Crippen molar-refractivity contribution in [2.24, 2.45) is 0 Å². The van der Waals surface area contributed by atoms with Gasteiger partial charge in [-0.1, -0.05) is 69.3 Å². The van der Waals surface area contributed by atoms with E-state index in [0.717, 1.165) is 27.3 Å². The minimum Gasteiger partial charge on any atom is -0.324 e. The van der Waals surface area contributed by atoms with E-state index >= 15 is 0 Å². The Hall–Kier alpha value is -3.25. The Kier molecular flexibility index (Phi) is 6.24.